The molecule has 0 radical (unpaired) electrons. The van der Waals surface area contributed by atoms with Gasteiger partial charge < -0.3 is 29.3 Å². The molecule has 6 nitrogen and oxygen atoms in total. The van der Waals surface area contributed by atoms with Crippen LogP contribution in [0, 0.1) is 0 Å². The van der Waals surface area contributed by atoms with Gasteiger partial charge in [0.05, 0.1) is 21.8 Å². The highest BCUT2D eigenvalue weighted by molar-refractivity contribution is 7.97. The molecule has 8 aromatic carbocycles. The van der Waals surface area contributed by atoms with Gasteiger partial charge in [-0.3, -0.25) is 0 Å². The summed E-state index contributed by atoms with van der Waals surface area (Å²) in [6, 6.07) is 74.6. The molecule has 0 atom stereocenters. The Morgan fingerprint density at radius 2 is 0.553 bits per heavy atom. The molecule has 0 unspecified atom stereocenters. The van der Waals surface area contributed by atoms with Crippen LogP contribution in [0.5, 0.6) is 11.5 Å². The van der Waals surface area contributed by atoms with E-state index in [-0.39, 0.29) is 33.3 Å². The van der Waals surface area contributed by atoms with E-state index in [9.17, 15) is 37.4 Å². The minimum absolute atomic E-state index is 0.0146. The molecule has 9 rings (SSSR count). The minimum Gasteiger partial charge on any atom is -0.541 e. The first kappa shape index (κ1) is 86.5. The lowest BCUT2D eigenvalue weighted by Crippen LogP contribution is -2.45. The van der Waals surface area contributed by atoms with Crippen molar-refractivity contribution in [3.8, 4) is 11.5 Å². The molecule has 0 fully saturated rings. The number of alkyl halides is 4. The summed E-state index contributed by atoms with van der Waals surface area (Å²) in [5, 5.41) is 19.7. The third kappa shape index (κ3) is 33.7. The second kappa shape index (κ2) is 57.2. The Labute approximate surface area is 517 Å². The van der Waals surface area contributed by atoms with Crippen molar-refractivity contribution in [2.75, 3.05) is 0 Å². The van der Waals surface area contributed by atoms with Crippen molar-refractivity contribution in [1.29, 1.82) is 0 Å². The molecular weight excluding hydrogens is 1110 g/mol. The first-order chi connectivity index (χ1) is 41.4. The largest absolute Gasteiger partial charge is 0.541 e. The van der Waals surface area contributed by atoms with E-state index in [2.05, 4.69) is 179 Å². The van der Waals surface area contributed by atoms with Crippen LogP contribution in [0.2, 0.25) is 0 Å². The Hall–Kier alpha value is -7.28. The standard InChI is InChI=1S/C19H15S.C18H15S.2C8H6F2O3.10C2H6/c1-2-10-17(11-3-1)20-18-12-6-4-8-15(18)14-16-9-5-7-13-19(16)20;1-4-10-16(11-5-1)19(17-12-6-2-7-13-17)18-14-8-3-9-15-18;2*9-8(10,7(11)12)13-6-4-2-1-3-5-6;10*1-2/h1-13H,14H2;1-15H;2*1-5H,(H,11,12);10*1-2H3/q2*+1;;;;;;;;;;;;/p-2. The van der Waals surface area contributed by atoms with Crippen LogP contribution in [0.3, 0.4) is 0 Å². The summed E-state index contributed by atoms with van der Waals surface area (Å²) in [6.45, 7) is 40.0. The molecule has 468 valence electrons. The summed E-state index contributed by atoms with van der Waals surface area (Å²) in [7, 11) is 0.0275. The molecule has 1 heterocycles. The fraction of sp³-hybridized carbons (Fsp3) is 0.315. The quantitative estimate of drug-likeness (QED) is 0.0999. The van der Waals surface area contributed by atoms with Crippen molar-refractivity contribution in [3.05, 3.63) is 242 Å². The lowest BCUT2D eigenvalue weighted by Gasteiger charge is -2.19. The van der Waals surface area contributed by atoms with Gasteiger partial charge in [-0.05, 0) is 84.9 Å². The van der Waals surface area contributed by atoms with Crippen molar-refractivity contribution in [3.63, 3.8) is 0 Å². The van der Waals surface area contributed by atoms with Gasteiger partial charge in [0.15, 0.2) is 41.3 Å². The topological polar surface area (TPSA) is 98.7 Å². The van der Waals surface area contributed by atoms with Crippen molar-refractivity contribution >= 4 is 33.7 Å². The van der Waals surface area contributed by atoms with Crippen LogP contribution >= 0.6 is 0 Å². The summed E-state index contributed by atoms with van der Waals surface area (Å²) in [4.78, 5) is 28.1. The van der Waals surface area contributed by atoms with E-state index in [0.29, 0.717) is 0 Å². The van der Waals surface area contributed by atoms with Crippen LogP contribution in [-0.4, -0.2) is 24.2 Å². The van der Waals surface area contributed by atoms with Gasteiger partial charge in [-0.25, -0.2) is 0 Å². The maximum absolute atomic E-state index is 12.3. The number of carboxylic acids is 2. The number of hydrogen-bond acceptors (Lipinski definition) is 6. The molecule has 12 heteroatoms. The number of benzene rings is 8. The van der Waals surface area contributed by atoms with Gasteiger partial charge in [0.25, 0.3) is 0 Å². The van der Waals surface area contributed by atoms with E-state index in [0.717, 1.165) is 6.42 Å². The van der Waals surface area contributed by atoms with Gasteiger partial charge in [0, 0.05) is 17.5 Å². The monoisotopic (exact) mass is 1210 g/mol. The third-order valence-electron chi connectivity index (χ3n) is 9.14. The number of carbonyl (C=O) groups is 2. The highest BCUT2D eigenvalue weighted by Gasteiger charge is 2.37. The van der Waals surface area contributed by atoms with Gasteiger partial charge in [0.1, 0.15) is 11.5 Å². The van der Waals surface area contributed by atoms with Crippen molar-refractivity contribution in [1.82, 2.24) is 0 Å². The predicted molar refractivity (Wildman–Crippen MR) is 353 cm³/mol. The Bertz CT molecular complexity index is 2500. The molecule has 1 aliphatic rings. The van der Waals surface area contributed by atoms with E-state index in [1.807, 2.05) is 138 Å². The first-order valence-electron chi connectivity index (χ1n) is 29.9. The zero-order chi connectivity index (χ0) is 66.1. The number of fused-ring (bicyclic) bond motifs is 2. The Morgan fingerprint density at radius 1 is 0.341 bits per heavy atom. The van der Waals surface area contributed by atoms with Gasteiger partial charge in [-0.15, -0.1) is 0 Å². The molecule has 1 aliphatic heterocycles. The average molecular weight is 1210 g/mol. The maximum atomic E-state index is 12.3. The summed E-state index contributed by atoms with van der Waals surface area (Å²) in [5.41, 5.74) is 2.94. The van der Waals surface area contributed by atoms with E-state index in [1.54, 1.807) is 12.1 Å². The first-order valence-corrected chi connectivity index (χ1v) is 32.4. The number of ether oxygens (including phenoxy) is 2. The highest BCUT2D eigenvalue weighted by atomic mass is 32.2. The molecular formula is C73H100F4O6S2. The van der Waals surface area contributed by atoms with Crippen LogP contribution < -0.4 is 19.7 Å². The molecule has 0 bridgehead atoms. The number of aliphatic carboxylic acids is 2. The summed E-state index contributed by atoms with van der Waals surface area (Å²) in [6.07, 6.45) is -7.52. The molecule has 0 N–H and O–H groups in total. The number of rotatable bonds is 10. The van der Waals surface area contributed by atoms with Crippen LogP contribution in [0.15, 0.2) is 260 Å². The minimum atomic E-state index is -4.29. The van der Waals surface area contributed by atoms with Crippen LogP contribution in [0.25, 0.3) is 0 Å². The molecule has 85 heavy (non-hydrogen) atoms. The maximum Gasteiger partial charge on any atom is 0.441 e. The molecule has 0 spiro atoms. The summed E-state index contributed by atoms with van der Waals surface area (Å²) in [5.74, 6) is -5.57. The number of carboxylic acid groups (broad SMARTS) is 2. The van der Waals surface area contributed by atoms with E-state index in [1.165, 1.54) is 89.0 Å². The van der Waals surface area contributed by atoms with Crippen LogP contribution in [0.4, 0.5) is 17.6 Å². The van der Waals surface area contributed by atoms with Gasteiger partial charge in [-0.1, -0.05) is 284 Å². The molecule has 0 aromatic heterocycles. The summed E-state index contributed by atoms with van der Waals surface area (Å²) >= 11 is 0. The highest BCUT2D eigenvalue weighted by Crippen LogP contribution is 2.40. The molecule has 0 saturated heterocycles. The predicted octanol–water partition coefficient (Wildman–Crippen LogP) is 20.5. The van der Waals surface area contributed by atoms with Gasteiger partial charge >= 0.3 is 12.2 Å². The molecule has 0 aliphatic carbocycles. The Morgan fingerprint density at radius 3 is 0.800 bits per heavy atom. The zero-order valence-corrected chi connectivity index (χ0v) is 56.1. The van der Waals surface area contributed by atoms with E-state index >= 15 is 0 Å². The van der Waals surface area contributed by atoms with Crippen molar-refractivity contribution in [2.45, 2.75) is 186 Å². The summed E-state index contributed by atoms with van der Waals surface area (Å²) < 4.78 is 57.1. The molecule has 0 amide bonds. The number of hydrogen-bond donors (Lipinski definition) is 0. The Kier molecular flexibility index (Phi) is 58.2. The lowest BCUT2D eigenvalue weighted by molar-refractivity contribution is -0.351. The Balaban J connectivity index is -0.000000308. The SMILES string of the molecule is CC.CC.CC.CC.CC.CC.CC.CC.CC.CC.O=C([O-])C(F)(F)Oc1ccccc1.O=C([O-])C(F)(F)Oc1ccccc1.c1ccc([S+](c2ccccc2)c2ccccc2)cc1.c1ccc([S+]2c3ccccc3Cc3ccccc32)cc1. The number of carbonyl (C=O) groups excluding carboxylic acids is 2. The second-order valence-corrected chi connectivity index (χ2v) is 17.7. The second-order valence-electron chi connectivity index (χ2n) is 13.7. The normalized spacial score (nSPS) is 9.61. The molecule has 0 saturated carbocycles. The fourth-order valence-corrected chi connectivity index (χ4v) is 10.8. The fourth-order valence-electron chi connectivity index (χ4n) is 6.27. The third-order valence-corrected chi connectivity index (χ3v) is 13.8. The van der Waals surface area contributed by atoms with Crippen molar-refractivity contribution < 1.29 is 46.8 Å². The van der Waals surface area contributed by atoms with Crippen LogP contribution in [0.1, 0.15) is 150 Å². The average Bonchev–Trinajstić information content (AvgIpc) is 3.43. The van der Waals surface area contributed by atoms with E-state index < -0.39 is 24.2 Å². The van der Waals surface area contributed by atoms with Gasteiger partial charge in [0.2, 0.25) is 0 Å². The van der Waals surface area contributed by atoms with Crippen LogP contribution in [-0.2, 0) is 37.8 Å². The van der Waals surface area contributed by atoms with Crippen molar-refractivity contribution in [2.24, 2.45) is 0 Å². The number of para-hydroxylation sites is 2. The smallest absolute Gasteiger partial charge is 0.441 e. The molecule has 8 aromatic rings. The number of halogens is 4. The lowest BCUT2D eigenvalue weighted by atomic mass is 10.0. The van der Waals surface area contributed by atoms with Gasteiger partial charge in [-0.2, -0.15) is 17.6 Å². The van der Waals surface area contributed by atoms with E-state index in [4.69, 9.17) is 0 Å². The zero-order valence-electron chi connectivity index (χ0n) is 54.4.